The quantitative estimate of drug-likeness (QED) is 0.260. The number of imidazole rings is 1. The van der Waals surface area contributed by atoms with Gasteiger partial charge in [-0.05, 0) is 47.4 Å². The van der Waals surface area contributed by atoms with Crippen LogP contribution in [0.3, 0.4) is 0 Å². The van der Waals surface area contributed by atoms with Gasteiger partial charge in [0.05, 0.1) is 17.6 Å². The number of nitrogens with zero attached hydrogens (tertiary/aromatic N) is 2. The van der Waals surface area contributed by atoms with Crippen molar-refractivity contribution in [1.82, 2.24) is 9.55 Å². The van der Waals surface area contributed by atoms with Crippen LogP contribution in [0.15, 0.2) is 109 Å². The maximum Gasteiger partial charge on any atom is 0.119 e. The first-order valence-electron chi connectivity index (χ1n) is 11.1. The average Bonchev–Trinajstić information content (AvgIpc) is 3.20. The monoisotopic (exact) mass is 418 g/mol. The highest BCUT2D eigenvalue weighted by Crippen LogP contribution is 2.22. The Morgan fingerprint density at radius 1 is 0.656 bits per heavy atom. The van der Waals surface area contributed by atoms with Gasteiger partial charge in [0, 0.05) is 13.0 Å². The summed E-state index contributed by atoms with van der Waals surface area (Å²) < 4.78 is 8.24. The highest BCUT2D eigenvalue weighted by Gasteiger charge is 2.11. The van der Waals surface area contributed by atoms with Gasteiger partial charge in [-0.3, -0.25) is 0 Å². The molecule has 1 heterocycles. The summed E-state index contributed by atoms with van der Waals surface area (Å²) in [4.78, 5) is 4.95. The molecular weight excluding hydrogens is 392 g/mol. The van der Waals surface area contributed by atoms with Crippen LogP contribution in [0.2, 0.25) is 0 Å². The van der Waals surface area contributed by atoms with Crippen molar-refractivity contribution >= 4 is 11.0 Å². The molecule has 0 amide bonds. The Balaban J connectivity index is 1.32. The van der Waals surface area contributed by atoms with Crippen molar-refractivity contribution in [2.24, 2.45) is 0 Å². The molecular formula is C29H26N2O. The predicted molar refractivity (Wildman–Crippen MR) is 131 cm³/mol. The zero-order chi connectivity index (χ0) is 21.6. The van der Waals surface area contributed by atoms with Gasteiger partial charge in [-0.2, -0.15) is 0 Å². The summed E-state index contributed by atoms with van der Waals surface area (Å²) in [7, 11) is 0. The summed E-state index contributed by atoms with van der Waals surface area (Å²) in [5.41, 5.74) is 5.97. The number of hydrogen-bond donors (Lipinski definition) is 0. The number of ether oxygens (including phenoxy) is 1. The number of fused-ring (bicyclic) bond motifs is 1. The van der Waals surface area contributed by atoms with Gasteiger partial charge in [-0.15, -0.1) is 0 Å². The minimum atomic E-state index is 0.682. The van der Waals surface area contributed by atoms with E-state index in [-0.39, 0.29) is 0 Å². The summed E-state index contributed by atoms with van der Waals surface area (Å²) in [6.07, 6.45) is 1.73. The lowest BCUT2D eigenvalue weighted by Crippen LogP contribution is -2.08. The topological polar surface area (TPSA) is 27.1 Å². The molecule has 3 nitrogen and oxygen atoms in total. The molecule has 5 aromatic rings. The average molecular weight is 419 g/mol. The van der Waals surface area contributed by atoms with Crippen molar-refractivity contribution in [2.75, 3.05) is 6.61 Å². The molecule has 0 aliphatic carbocycles. The minimum absolute atomic E-state index is 0.682. The molecule has 4 aromatic carbocycles. The van der Waals surface area contributed by atoms with E-state index in [1.807, 2.05) is 36.4 Å². The summed E-state index contributed by atoms with van der Waals surface area (Å²) in [5, 5.41) is 0. The van der Waals surface area contributed by atoms with E-state index in [1.54, 1.807) is 0 Å². The molecule has 5 rings (SSSR count). The van der Waals surface area contributed by atoms with Gasteiger partial charge in [0.1, 0.15) is 11.6 Å². The zero-order valence-corrected chi connectivity index (χ0v) is 18.0. The fourth-order valence-electron chi connectivity index (χ4n) is 4.07. The maximum absolute atomic E-state index is 5.90. The number of hydrogen-bond acceptors (Lipinski definition) is 2. The van der Waals surface area contributed by atoms with Crippen LogP contribution in [0.1, 0.15) is 17.8 Å². The molecule has 1 aromatic heterocycles. The van der Waals surface area contributed by atoms with Crippen LogP contribution < -0.4 is 4.74 Å². The van der Waals surface area contributed by atoms with Crippen LogP contribution in [-0.2, 0) is 13.0 Å². The van der Waals surface area contributed by atoms with Gasteiger partial charge in [0.15, 0.2) is 0 Å². The van der Waals surface area contributed by atoms with Gasteiger partial charge in [0.2, 0.25) is 0 Å². The third-order valence-corrected chi connectivity index (χ3v) is 5.69. The van der Waals surface area contributed by atoms with E-state index in [2.05, 4.69) is 77.4 Å². The van der Waals surface area contributed by atoms with Gasteiger partial charge in [-0.1, -0.05) is 84.9 Å². The molecule has 0 saturated carbocycles. The molecule has 0 N–H and O–H groups in total. The van der Waals surface area contributed by atoms with Crippen molar-refractivity contribution < 1.29 is 4.74 Å². The SMILES string of the molecule is c1ccc(OCCCn2c(Cc3ccc(-c4ccccc4)cc3)nc3ccccc32)cc1. The molecule has 32 heavy (non-hydrogen) atoms. The van der Waals surface area contributed by atoms with E-state index in [9.17, 15) is 0 Å². The van der Waals surface area contributed by atoms with Crippen LogP contribution >= 0.6 is 0 Å². The Kier molecular flexibility index (Phi) is 5.98. The predicted octanol–water partition coefficient (Wildman–Crippen LogP) is 6.76. The van der Waals surface area contributed by atoms with Gasteiger partial charge in [-0.25, -0.2) is 4.98 Å². The number of rotatable bonds is 8. The molecule has 0 aliphatic rings. The third kappa shape index (κ3) is 4.57. The highest BCUT2D eigenvalue weighted by molar-refractivity contribution is 5.76. The Hall–Kier alpha value is -3.85. The van der Waals surface area contributed by atoms with E-state index in [4.69, 9.17) is 9.72 Å². The summed E-state index contributed by atoms with van der Waals surface area (Å²) in [6, 6.07) is 37.7. The lowest BCUT2D eigenvalue weighted by Gasteiger charge is -2.11. The highest BCUT2D eigenvalue weighted by atomic mass is 16.5. The van der Waals surface area contributed by atoms with Crippen molar-refractivity contribution in [3.05, 3.63) is 121 Å². The van der Waals surface area contributed by atoms with Crippen LogP contribution in [-0.4, -0.2) is 16.2 Å². The molecule has 158 valence electrons. The fraction of sp³-hybridized carbons (Fsp3) is 0.138. The molecule has 0 atom stereocenters. The van der Waals surface area contributed by atoms with Gasteiger partial charge in [0.25, 0.3) is 0 Å². The van der Waals surface area contributed by atoms with Crippen molar-refractivity contribution in [3.8, 4) is 16.9 Å². The fourth-order valence-corrected chi connectivity index (χ4v) is 4.07. The van der Waals surface area contributed by atoms with Crippen LogP contribution in [0.4, 0.5) is 0 Å². The summed E-state index contributed by atoms with van der Waals surface area (Å²) in [6.45, 7) is 1.56. The van der Waals surface area contributed by atoms with Gasteiger partial charge >= 0.3 is 0 Å². The molecule has 0 saturated heterocycles. The molecule has 0 unspecified atom stereocenters. The second kappa shape index (κ2) is 9.52. The van der Waals surface area contributed by atoms with Crippen LogP contribution in [0.25, 0.3) is 22.2 Å². The molecule has 0 radical (unpaired) electrons. The minimum Gasteiger partial charge on any atom is -0.494 e. The lowest BCUT2D eigenvalue weighted by molar-refractivity contribution is 0.302. The first kappa shape index (κ1) is 20.1. The number of aromatic nitrogens is 2. The smallest absolute Gasteiger partial charge is 0.119 e. The van der Waals surface area contributed by atoms with E-state index >= 15 is 0 Å². The number of aryl methyl sites for hydroxylation is 1. The van der Waals surface area contributed by atoms with E-state index < -0.39 is 0 Å². The Bertz CT molecular complexity index is 1280. The lowest BCUT2D eigenvalue weighted by atomic mass is 10.0. The zero-order valence-electron chi connectivity index (χ0n) is 18.0. The molecule has 0 spiro atoms. The van der Waals surface area contributed by atoms with Crippen LogP contribution in [0.5, 0.6) is 5.75 Å². The summed E-state index contributed by atoms with van der Waals surface area (Å²) in [5.74, 6) is 2.01. The number of para-hydroxylation sites is 3. The Morgan fingerprint density at radius 3 is 2.09 bits per heavy atom. The molecule has 3 heteroatoms. The molecule has 0 fully saturated rings. The Labute approximate surface area is 188 Å². The van der Waals surface area contributed by atoms with Crippen molar-refractivity contribution in [1.29, 1.82) is 0 Å². The standard InChI is InChI=1S/C29H26N2O/c1-3-10-24(11-4-1)25-18-16-23(17-19-25)22-29-30-27-14-7-8-15-28(27)31(29)20-9-21-32-26-12-5-2-6-13-26/h1-8,10-19H,9,20-22H2. The largest absolute Gasteiger partial charge is 0.494 e. The third-order valence-electron chi connectivity index (χ3n) is 5.69. The molecule has 0 bridgehead atoms. The van der Waals surface area contributed by atoms with Gasteiger partial charge < -0.3 is 9.30 Å². The van der Waals surface area contributed by atoms with E-state index in [0.29, 0.717) is 6.61 Å². The molecule has 0 aliphatic heterocycles. The van der Waals surface area contributed by atoms with E-state index in [0.717, 1.165) is 36.5 Å². The number of benzene rings is 4. The van der Waals surface area contributed by atoms with Crippen molar-refractivity contribution in [3.63, 3.8) is 0 Å². The van der Waals surface area contributed by atoms with Crippen LogP contribution in [0, 0.1) is 0 Å². The second-order valence-corrected chi connectivity index (χ2v) is 7.92. The summed E-state index contributed by atoms with van der Waals surface area (Å²) >= 11 is 0. The first-order chi connectivity index (χ1) is 15.9. The maximum atomic E-state index is 5.90. The first-order valence-corrected chi connectivity index (χ1v) is 11.1. The second-order valence-electron chi connectivity index (χ2n) is 7.92. The van der Waals surface area contributed by atoms with Crippen molar-refractivity contribution in [2.45, 2.75) is 19.4 Å². The van der Waals surface area contributed by atoms with E-state index in [1.165, 1.54) is 22.2 Å². The normalized spacial score (nSPS) is 11.0. The Morgan fingerprint density at radius 2 is 1.31 bits per heavy atom.